The molecule has 130 valence electrons. The molecule has 3 heterocycles. The van der Waals surface area contributed by atoms with Crippen molar-refractivity contribution >= 4 is 10.2 Å². The second kappa shape index (κ2) is 6.49. The maximum absolute atomic E-state index is 12.9. The number of rotatable bonds is 4. The van der Waals surface area contributed by atoms with Gasteiger partial charge < -0.3 is 4.57 Å². The summed E-state index contributed by atoms with van der Waals surface area (Å²) < 4.78 is 31.1. The summed E-state index contributed by atoms with van der Waals surface area (Å²) in [5.74, 6) is 1.85. The third-order valence-corrected chi connectivity index (χ3v) is 7.21. The highest BCUT2D eigenvalue weighted by atomic mass is 32.2. The summed E-state index contributed by atoms with van der Waals surface area (Å²) in [5.41, 5.74) is 0. The minimum absolute atomic E-state index is 0.0586. The smallest absolute Gasteiger partial charge is 0.282 e. The maximum atomic E-state index is 12.9. The molecular weight excluding hydrogens is 314 g/mol. The Balaban J connectivity index is 1.92. The van der Waals surface area contributed by atoms with Crippen LogP contribution in [0.25, 0.3) is 0 Å². The van der Waals surface area contributed by atoms with Gasteiger partial charge in [-0.3, -0.25) is 0 Å². The molecule has 0 bridgehead atoms. The first-order valence-electron chi connectivity index (χ1n) is 8.59. The molecule has 3 rings (SSSR count). The monoisotopic (exact) mass is 341 g/mol. The van der Waals surface area contributed by atoms with Crippen molar-refractivity contribution in [2.75, 3.05) is 13.6 Å². The van der Waals surface area contributed by atoms with E-state index >= 15 is 0 Å². The van der Waals surface area contributed by atoms with Crippen LogP contribution >= 0.6 is 0 Å². The van der Waals surface area contributed by atoms with Gasteiger partial charge in [-0.1, -0.05) is 6.42 Å². The van der Waals surface area contributed by atoms with Crippen LogP contribution < -0.4 is 0 Å². The summed E-state index contributed by atoms with van der Waals surface area (Å²) in [5, 5.41) is 8.71. The van der Waals surface area contributed by atoms with E-state index < -0.39 is 10.2 Å². The van der Waals surface area contributed by atoms with E-state index in [9.17, 15) is 8.42 Å². The first-order chi connectivity index (χ1) is 10.9. The first kappa shape index (κ1) is 16.9. The minimum Gasteiger partial charge on any atom is -0.314 e. The van der Waals surface area contributed by atoms with Crippen molar-refractivity contribution < 1.29 is 8.42 Å². The lowest BCUT2D eigenvalue weighted by Crippen LogP contribution is -2.44. The predicted molar refractivity (Wildman–Crippen MR) is 88.1 cm³/mol. The van der Waals surface area contributed by atoms with Gasteiger partial charge in [0.2, 0.25) is 0 Å². The van der Waals surface area contributed by atoms with Crippen molar-refractivity contribution in [3.05, 3.63) is 11.6 Å². The van der Waals surface area contributed by atoms with Gasteiger partial charge in [-0.2, -0.15) is 17.0 Å². The van der Waals surface area contributed by atoms with E-state index in [4.69, 9.17) is 0 Å². The van der Waals surface area contributed by atoms with Gasteiger partial charge in [-0.05, 0) is 39.5 Å². The number of aryl methyl sites for hydroxylation is 1. The molecule has 0 aromatic carbocycles. The van der Waals surface area contributed by atoms with E-state index in [-0.39, 0.29) is 12.1 Å². The van der Waals surface area contributed by atoms with E-state index in [2.05, 4.69) is 14.8 Å². The number of nitrogens with zero attached hydrogens (tertiary/aromatic N) is 5. The van der Waals surface area contributed by atoms with E-state index in [0.29, 0.717) is 6.54 Å². The average Bonchev–Trinajstić information content (AvgIpc) is 3.08. The Morgan fingerprint density at radius 2 is 1.91 bits per heavy atom. The zero-order valence-corrected chi connectivity index (χ0v) is 15.1. The van der Waals surface area contributed by atoms with Crippen molar-refractivity contribution in [1.29, 1.82) is 0 Å². The fraction of sp³-hybridized carbons (Fsp3) is 0.867. The van der Waals surface area contributed by atoms with Crippen molar-refractivity contribution in [2.24, 2.45) is 0 Å². The van der Waals surface area contributed by atoms with Gasteiger partial charge in [-0.25, -0.2) is 0 Å². The SMILES string of the molecule is CC(C)N(C)S(=O)(=O)N1CCC[C@@H]1c1nnc2n1CCCCC2. The largest absolute Gasteiger partial charge is 0.314 e. The van der Waals surface area contributed by atoms with Gasteiger partial charge in [-0.15, -0.1) is 10.2 Å². The van der Waals surface area contributed by atoms with Crippen LogP contribution in [0.15, 0.2) is 0 Å². The molecule has 0 saturated carbocycles. The summed E-state index contributed by atoms with van der Waals surface area (Å²) in [4.78, 5) is 0. The summed E-state index contributed by atoms with van der Waals surface area (Å²) in [6.07, 6.45) is 6.09. The molecule has 0 aliphatic carbocycles. The number of fused-ring (bicyclic) bond motifs is 1. The van der Waals surface area contributed by atoms with Gasteiger partial charge >= 0.3 is 0 Å². The third kappa shape index (κ3) is 3.04. The lowest BCUT2D eigenvalue weighted by Gasteiger charge is -2.30. The normalized spacial score (nSPS) is 23.4. The Morgan fingerprint density at radius 1 is 1.13 bits per heavy atom. The quantitative estimate of drug-likeness (QED) is 0.836. The van der Waals surface area contributed by atoms with Crippen molar-refractivity contribution in [3.8, 4) is 0 Å². The van der Waals surface area contributed by atoms with Crippen LogP contribution in [0.2, 0.25) is 0 Å². The molecule has 2 aliphatic rings. The lowest BCUT2D eigenvalue weighted by molar-refractivity contribution is 0.314. The molecule has 0 unspecified atom stereocenters. The first-order valence-corrected chi connectivity index (χ1v) is 9.99. The maximum Gasteiger partial charge on any atom is 0.282 e. The zero-order chi connectivity index (χ0) is 16.6. The van der Waals surface area contributed by atoms with Gasteiger partial charge in [0.25, 0.3) is 10.2 Å². The van der Waals surface area contributed by atoms with E-state index in [1.165, 1.54) is 10.7 Å². The fourth-order valence-corrected chi connectivity index (χ4v) is 5.21. The summed E-state index contributed by atoms with van der Waals surface area (Å²) in [7, 11) is -1.81. The molecule has 23 heavy (non-hydrogen) atoms. The molecule has 0 amide bonds. The summed E-state index contributed by atoms with van der Waals surface area (Å²) >= 11 is 0. The minimum atomic E-state index is -3.46. The number of hydrogen-bond acceptors (Lipinski definition) is 4. The Labute approximate surface area is 138 Å². The zero-order valence-electron chi connectivity index (χ0n) is 14.3. The molecule has 1 aromatic heterocycles. The third-order valence-electron chi connectivity index (χ3n) is 5.03. The molecule has 8 heteroatoms. The topological polar surface area (TPSA) is 71.3 Å². The Bertz CT molecular complexity index is 655. The molecule has 1 aromatic rings. The molecule has 2 aliphatic heterocycles. The van der Waals surface area contributed by atoms with Gasteiger partial charge in [0.05, 0.1) is 6.04 Å². The molecule has 0 spiro atoms. The van der Waals surface area contributed by atoms with Crippen LogP contribution in [-0.4, -0.2) is 51.4 Å². The van der Waals surface area contributed by atoms with Crippen LogP contribution in [0.5, 0.6) is 0 Å². The second-order valence-electron chi connectivity index (χ2n) is 6.82. The lowest BCUT2D eigenvalue weighted by atomic mass is 10.2. The van der Waals surface area contributed by atoms with Crippen LogP contribution in [0.1, 0.15) is 63.6 Å². The molecular formula is C15H27N5O2S. The van der Waals surface area contributed by atoms with Crippen molar-refractivity contribution in [1.82, 2.24) is 23.4 Å². The molecule has 7 nitrogen and oxygen atoms in total. The number of aromatic nitrogens is 3. The molecule has 1 saturated heterocycles. The van der Waals surface area contributed by atoms with Gasteiger partial charge in [0.1, 0.15) is 5.82 Å². The Hall–Kier alpha value is -0.990. The Morgan fingerprint density at radius 3 is 2.65 bits per heavy atom. The van der Waals surface area contributed by atoms with Crippen LogP contribution in [0.3, 0.4) is 0 Å². The number of hydrogen-bond donors (Lipinski definition) is 0. The second-order valence-corrected chi connectivity index (χ2v) is 8.76. The molecule has 0 N–H and O–H groups in total. The molecule has 1 atom stereocenters. The van der Waals surface area contributed by atoms with Crippen LogP contribution in [0.4, 0.5) is 0 Å². The molecule has 0 radical (unpaired) electrons. The summed E-state index contributed by atoms with van der Waals surface area (Å²) in [6.45, 7) is 5.26. The molecule has 1 fully saturated rings. The Kier molecular flexibility index (Phi) is 4.75. The van der Waals surface area contributed by atoms with Crippen molar-refractivity contribution in [2.45, 2.75) is 71.0 Å². The van der Waals surface area contributed by atoms with Crippen LogP contribution in [-0.2, 0) is 23.2 Å². The summed E-state index contributed by atoms with van der Waals surface area (Å²) in [6, 6.07) is -0.239. The van der Waals surface area contributed by atoms with Gasteiger partial charge in [0, 0.05) is 32.6 Å². The predicted octanol–water partition coefficient (Wildman–Crippen LogP) is 1.73. The van der Waals surface area contributed by atoms with E-state index in [1.807, 2.05) is 13.8 Å². The highest BCUT2D eigenvalue weighted by Gasteiger charge is 2.41. The standard InChI is InChI=1S/C15H27N5O2S/c1-12(2)18(3)23(21,22)20-11-7-8-13(20)15-17-16-14-9-5-4-6-10-19(14)15/h12-13H,4-11H2,1-3H3/t13-/m1/s1. The highest BCUT2D eigenvalue weighted by Crippen LogP contribution is 2.35. The van der Waals surface area contributed by atoms with Crippen molar-refractivity contribution in [3.63, 3.8) is 0 Å². The highest BCUT2D eigenvalue weighted by molar-refractivity contribution is 7.86. The average molecular weight is 341 g/mol. The fourth-order valence-electron chi connectivity index (χ4n) is 3.46. The van der Waals surface area contributed by atoms with E-state index in [0.717, 1.165) is 50.3 Å². The van der Waals surface area contributed by atoms with Gasteiger partial charge in [0.15, 0.2) is 5.82 Å². The van der Waals surface area contributed by atoms with Crippen LogP contribution in [0, 0.1) is 0 Å². The van der Waals surface area contributed by atoms with E-state index in [1.54, 1.807) is 11.4 Å².